The average Bonchev–Trinajstić information content (AvgIpc) is 2.79. The zero-order valence-electron chi connectivity index (χ0n) is 8.62. The standard InChI is InChI=1S/C13H16S/c1-2-13(11-6-7-14-9-11)8-10-4-3-5-12(10)13/h6-9,12H,2-5H2,1H3. The van der Waals surface area contributed by atoms with Crippen LogP contribution in [0.4, 0.5) is 0 Å². The van der Waals surface area contributed by atoms with E-state index in [0.29, 0.717) is 5.41 Å². The minimum absolute atomic E-state index is 0.436. The van der Waals surface area contributed by atoms with Gasteiger partial charge in [-0.05, 0) is 54.0 Å². The quantitative estimate of drug-likeness (QED) is 0.635. The summed E-state index contributed by atoms with van der Waals surface area (Å²) in [5, 5.41) is 4.56. The third-order valence-corrected chi connectivity index (χ3v) is 4.80. The molecule has 2 aliphatic carbocycles. The van der Waals surface area contributed by atoms with Gasteiger partial charge in [0.2, 0.25) is 0 Å². The zero-order valence-corrected chi connectivity index (χ0v) is 9.44. The first-order chi connectivity index (χ1) is 6.87. The van der Waals surface area contributed by atoms with E-state index in [1.54, 1.807) is 11.1 Å². The van der Waals surface area contributed by atoms with Gasteiger partial charge in [0, 0.05) is 5.41 Å². The van der Waals surface area contributed by atoms with Gasteiger partial charge in [-0.3, -0.25) is 0 Å². The van der Waals surface area contributed by atoms with Crippen molar-refractivity contribution in [1.82, 2.24) is 0 Å². The number of fused-ring (bicyclic) bond motifs is 1. The molecule has 74 valence electrons. The molecular formula is C13H16S. The maximum atomic E-state index is 2.56. The van der Waals surface area contributed by atoms with Crippen molar-refractivity contribution in [3.8, 4) is 0 Å². The van der Waals surface area contributed by atoms with Gasteiger partial charge in [0.1, 0.15) is 0 Å². The smallest absolute Gasteiger partial charge is 0.0206 e. The van der Waals surface area contributed by atoms with Crippen molar-refractivity contribution >= 4 is 11.3 Å². The summed E-state index contributed by atoms with van der Waals surface area (Å²) < 4.78 is 0. The van der Waals surface area contributed by atoms with Gasteiger partial charge in [0.15, 0.2) is 0 Å². The van der Waals surface area contributed by atoms with Crippen LogP contribution in [0.2, 0.25) is 0 Å². The predicted octanol–water partition coefficient (Wildman–Crippen LogP) is 4.14. The molecule has 0 amide bonds. The molecule has 0 N–H and O–H groups in total. The molecular weight excluding hydrogens is 188 g/mol. The van der Waals surface area contributed by atoms with Crippen LogP contribution in [-0.4, -0.2) is 0 Å². The summed E-state index contributed by atoms with van der Waals surface area (Å²) in [6.07, 6.45) is 8.05. The molecule has 2 unspecified atom stereocenters. The van der Waals surface area contributed by atoms with Gasteiger partial charge < -0.3 is 0 Å². The van der Waals surface area contributed by atoms with Crippen molar-refractivity contribution in [2.24, 2.45) is 5.92 Å². The van der Waals surface area contributed by atoms with Crippen LogP contribution >= 0.6 is 11.3 Å². The molecule has 0 bridgehead atoms. The van der Waals surface area contributed by atoms with Crippen molar-refractivity contribution < 1.29 is 0 Å². The minimum atomic E-state index is 0.436. The molecule has 2 aliphatic rings. The molecule has 1 fully saturated rings. The molecule has 0 radical (unpaired) electrons. The molecule has 1 saturated carbocycles. The van der Waals surface area contributed by atoms with Gasteiger partial charge in [-0.1, -0.05) is 18.6 Å². The number of allylic oxidation sites excluding steroid dienone is 2. The highest BCUT2D eigenvalue weighted by atomic mass is 32.1. The summed E-state index contributed by atoms with van der Waals surface area (Å²) in [5.41, 5.74) is 3.75. The topological polar surface area (TPSA) is 0 Å². The average molecular weight is 204 g/mol. The number of thiophene rings is 1. The number of rotatable bonds is 2. The van der Waals surface area contributed by atoms with Crippen LogP contribution in [0.15, 0.2) is 28.5 Å². The normalized spacial score (nSPS) is 34.9. The van der Waals surface area contributed by atoms with Gasteiger partial charge in [-0.2, -0.15) is 11.3 Å². The Morgan fingerprint density at radius 1 is 1.57 bits per heavy atom. The molecule has 3 rings (SSSR count). The Hall–Kier alpha value is -0.560. The van der Waals surface area contributed by atoms with E-state index in [1.807, 2.05) is 11.3 Å². The largest absolute Gasteiger partial charge is 0.152 e. The Bertz CT molecular complexity index is 361. The van der Waals surface area contributed by atoms with Crippen LogP contribution in [0.25, 0.3) is 0 Å². The summed E-state index contributed by atoms with van der Waals surface area (Å²) in [4.78, 5) is 0. The number of hydrogen-bond donors (Lipinski definition) is 0. The van der Waals surface area contributed by atoms with Gasteiger partial charge in [-0.15, -0.1) is 0 Å². The molecule has 1 heteroatoms. The van der Waals surface area contributed by atoms with Crippen molar-refractivity contribution in [1.29, 1.82) is 0 Å². The fourth-order valence-corrected chi connectivity index (χ4v) is 4.08. The number of hydrogen-bond acceptors (Lipinski definition) is 1. The Labute approximate surface area is 89.7 Å². The van der Waals surface area contributed by atoms with E-state index in [4.69, 9.17) is 0 Å². The van der Waals surface area contributed by atoms with Crippen LogP contribution in [0.1, 0.15) is 38.2 Å². The SMILES string of the molecule is CCC1(c2ccsc2)C=C2CCCC21. The van der Waals surface area contributed by atoms with E-state index in [0.717, 1.165) is 5.92 Å². The van der Waals surface area contributed by atoms with Gasteiger partial charge in [0.25, 0.3) is 0 Å². The first kappa shape index (κ1) is 8.72. The molecule has 0 saturated heterocycles. The molecule has 0 aromatic carbocycles. The highest BCUT2D eigenvalue weighted by Gasteiger charge is 2.48. The first-order valence-corrected chi connectivity index (χ1v) is 6.55. The third-order valence-electron chi connectivity index (χ3n) is 4.11. The van der Waals surface area contributed by atoms with Crippen molar-refractivity contribution in [3.05, 3.63) is 34.0 Å². The molecule has 0 nitrogen and oxygen atoms in total. The lowest BCUT2D eigenvalue weighted by Gasteiger charge is -2.45. The van der Waals surface area contributed by atoms with E-state index in [-0.39, 0.29) is 0 Å². The van der Waals surface area contributed by atoms with E-state index in [2.05, 4.69) is 29.8 Å². The molecule has 14 heavy (non-hydrogen) atoms. The second kappa shape index (κ2) is 2.96. The van der Waals surface area contributed by atoms with Crippen molar-refractivity contribution in [2.75, 3.05) is 0 Å². The summed E-state index contributed by atoms with van der Waals surface area (Å²) in [6.45, 7) is 2.34. The monoisotopic (exact) mass is 204 g/mol. The molecule has 1 heterocycles. The summed E-state index contributed by atoms with van der Waals surface area (Å²) in [7, 11) is 0. The fraction of sp³-hybridized carbons (Fsp3) is 0.538. The van der Waals surface area contributed by atoms with Crippen molar-refractivity contribution in [3.63, 3.8) is 0 Å². The van der Waals surface area contributed by atoms with E-state index in [1.165, 1.54) is 25.7 Å². The Balaban J connectivity index is 2.03. The molecule has 0 aliphatic heterocycles. The molecule has 2 atom stereocenters. The van der Waals surface area contributed by atoms with Gasteiger partial charge >= 0.3 is 0 Å². The van der Waals surface area contributed by atoms with Crippen LogP contribution < -0.4 is 0 Å². The predicted molar refractivity (Wildman–Crippen MR) is 61.7 cm³/mol. The maximum absolute atomic E-state index is 2.56. The Morgan fingerprint density at radius 3 is 3.14 bits per heavy atom. The third kappa shape index (κ3) is 0.939. The Morgan fingerprint density at radius 2 is 2.50 bits per heavy atom. The second-order valence-corrected chi connectivity index (χ2v) is 5.35. The first-order valence-electron chi connectivity index (χ1n) is 5.61. The summed E-state index contributed by atoms with van der Waals surface area (Å²) >= 11 is 1.84. The van der Waals surface area contributed by atoms with E-state index >= 15 is 0 Å². The fourth-order valence-electron chi connectivity index (χ4n) is 3.33. The lowest BCUT2D eigenvalue weighted by molar-refractivity contribution is 0.325. The van der Waals surface area contributed by atoms with Gasteiger partial charge in [0.05, 0.1) is 0 Å². The summed E-state index contributed by atoms with van der Waals surface area (Å²) in [6, 6.07) is 2.32. The molecule has 1 aromatic heterocycles. The summed E-state index contributed by atoms with van der Waals surface area (Å²) in [5.74, 6) is 0.891. The van der Waals surface area contributed by atoms with E-state index < -0.39 is 0 Å². The lowest BCUT2D eigenvalue weighted by atomic mass is 9.59. The molecule has 1 aromatic rings. The zero-order chi connectivity index (χ0) is 9.60. The maximum Gasteiger partial charge on any atom is 0.0206 e. The van der Waals surface area contributed by atoms with Crippen LogP contribution in [0.5, 0.6) is 0 Å². The van der Waals surface area contributed by atoms with Crippen LogP contribution in [-0.2, 0) is 5.41 Å². The van der Waals surface area contributed by atoms with E-state index in [9.17, 15) is 0 Å². The minimum Gasteiger partial charge on any atom is -0.152 e. The molecule has 0 spiro atoms. The van der Waals surface area contributed by atoms with Crippen LogP contribution in [0, 0.1) is 5.92 Å². The highest BCUT2D eigenvalue weighted by Crippen LogP contribution is 2.56. The highest BCUT2D eigenvalue weighted by molar-refractivity contribution is 7.08. The second-order valence-electron chi connectivity index (χ2n) is 4.57. The van der Waals surface area contributed by atoms with Gasteiger partial charge in [-0.25, -0.2) is 0 Å². The van der Waals surface area contributed by atoms with Crippen molar-refractivity contribution in [2.45, 2.75) is 38.0 Å². The Kier molecular flexibility index (Phi) is 1.85. The lowest BCUT2D eigenvalue weighted by Crippen LogP contribution is -2.39. The van der Waals surface area contributed by atoms with Crippen LogP contribution in [0.3, 0.4) is 0 Å².